The van der Waals surface area contributed by atoms with Crippen molar-refractivity contribution in [3.05, 3.63) is 10.6 Å². The van der Waals surface area contributed by atoms with Crippen molar-refractivity contribution in [2.24, 2.45) is 5.92 Å². The summed E-state index contributed by atoms with van der Waals surface area (Å²) in [5.41, 5.74) is 0.670. The van der Waals surface area contributed by atoms with Gasteiger partial charge in [0, 0.05) is 18.6 Å². The molecule has 6 heteroatoms. The van der Waals surface area contributed by atoms with Gasteiger partial charge in [0.25, 0.3) is 5.91 Å². The van der Waals surface area contributed by atoms with Crippen LogP contribution in [-0.2, 0) is 0 Å². The van der Waals surface area contributed by atoms with Crippen LogP contribution in [0.5, 0.6) is 0 Å². The summed E-state index contributed by atoms with van der Waals surface area (Å²) in [6.07, 6.45) is 4.18. The summed E-state index contributed by atoms with van der Waals surface area (Å²) in [4.78, 5) is 12.6. The molecule has 1 fully saturated rings. The molecule has 1 aromatic heterocycles. The maximum Gasteiger partial charge on any atom is 0.265 e. The van der Waals surface area contributed by atoms with Crippen molar-refractivity contribution in [3.8, 4) is 0 Å². The zero-order valence-corrected chi connectivity index (χ0v) is 10.7. The Bertz CT molecular complexity index is 394. The van der Waals surface area contributed by atoms with Gasteiger partial charge in [-0.2, -0.15) is 0 Å². The lowest BCUT2D eigenvalue weighted by Crippen LogP contribution is -2.43. The molecular weight excluding hydrogens is 238 g/mol. The van der Waals surface area contributed by atoms with E-state index in [9.17, 15) is 9.90 Å². The van der Waals surface area contributed by atoms with Crippen LogP contribution in [0.2, 0.25) is 0 Å². The van der Waals surface area contributed by atoms with Crippen LogP contribution in [0, 0.1) is 12.8 Å². The number of nitrogens with one attached hydrogen (secondary N) is 1. The topological polar surface area (TPSA) is 75.1 Å². The number of nitrogens with zero attached hydrogens (tertiary/aromatic N) is 2. The van der Waals surface area contributed by atoms with Gasteiger partial charge < -0.3 is 10.4 Å². The summed E-state index contributed by atoms with van der Waals surface area (Å²) in [6.45, 7) is 1.92. The number of aromatic nitrogens is 2. The molecule has 17 heavy (non-hydrogen) atoms. The summed E-state index contributed by atoms with van der Waals surface area (Å²) in [5.74, 6) is 0.0803. The zero-order chi connectivity index (χ0) is 12.3. The van der Waals surface area contributed by atoms with E-state index in [0.717, 1.165) is 37.2 Å². The first-order chi connectivity index (χ1) is 8.22. The number of aliphatic hydroxyl groups excluding tert-OH is 1. The Kier molecular flexibility index (Phi) is 4.06. The molecule has 0 bridgehead atoms. The Morgan fingerprint density at radius 1 is 1.53 bits per heavy atom. The second-order valence-corrected chi connectivity index (χ2v) is 5.25. The number of hydrogen-bond donors (Lipinski definition) is 2. The number of hydrogen-bond acceptors (Lipinski definition) is 5. The second-order valence-electron chi connectivity index (χ2n) is 4.49. The lowest BCUT2D eigenvalue weighted by Gasteiger charge is -2.30. The van der Waals surface area contributed by atoms with Gasteiger partial charge in [-0.15, -0.1) is 5.10 Å². The predicted octanol–water partition coefficient (Wildman–Crippen LogP) is 1.13. The fourth-order valence-corrected chi connectivity index (χ4v) is 2.85. The average molecular weight is 255 g/mol. The molecule has 0 radical (unpaired) electrons. The van der Waals surface area contributed by atoms with E-state index >= 15 is 0 Å². The van der Waals surface area contributed by atoms with E-state index in [4.69, 9.17) is 0 Å². The van der Waals surface area contributed by atoms with Gasteiger partial charge >= 0.3 is 0 Å². The van der Waals surface area contributed by atoms with Crippen LogP contribution in [-0.4, -0.2) is 33.2 Å². The SMILES string of the molecule is Cc1nnsc1C(=O)NC1CCCCC1CO. The monoisotopic (exact) mass is 255 g/mol. The summed E-state index contributed by atoms with van der Waals surface area (Å²) in [5, 5.41) is 16.1. The Labute approximate surface area is 104 Å². The van der Waals surface area contributed by atoms with Gasteiger partial charge in [0.05, 0.1) is 5.69 Å². The normalized spacial score (nSPS) is 24.6. The highest BCUT2D eigenvalue weighted by Crippen LogP contribution is 2.24. The first-order valence-electron chi connectivity index (χ1n) is 5.93. The van der Waals surface area contributed by atoms with E-state index in [0.29, 0.717) is 10.6 Å². The summed E-state index contributed by atoms with van der Waals surface area (Å²) < 4.78 is 3.76. The summed E-state index contributed by atoms with van der Waals surface area (Å²) >= 11 is 1.12. The van der Waals surface area contributed by atoms with Crippen LogP contribution in [0.25, 0.3) is 0 Å². The van der Waals surface area contributed by atoms with Crippen molar-refractivity contribution < 1.29 is 9.90 Å². The van der Waals surface area contributed by atoms with Gasteiger partial charge in [-0.25, -0.2) is 0 Å². The number of rotatable bonds is 3. The van der Waals surface area contributed by atoms with Crippen molar-refractivity contribution in [2.75, 3.05) is 6.61 Å². The quantitative estimate of drug-likeness (QED) is 0.849. The molecule has 0 spiro atoms. The van der Waals surface area contributed by atoms with Crippen molar-refractivity contribution in [3.63, 3.8) is 0 Å². The van der Waals surface area contributed by atoms with Crippen LogP contribution in [0.15, 0.2) is 0 Å². The lowest BCUT2D eigenvalue weighted by molar-refractivity contribution is 0.0876. The molecule has 0 aromatic carbocycles. The van der Waals surface area contributed by atoms with Gasteiger partial charge in [0.2, 0.25) is 0 Å². The third-order valence-corrected chi connectivity index (χ3v) is 4.14. The molecule has 1 saturated carbocycles. The molecule has 2 rings (SSSR count). The Morgan fingerprint density at radius 3 is 2.94 bits per heavy atom. The highest BCUT2D eigenvalue weighted by molar-refractivity contribution is 7.08. The van der Waals surface area contributed by atoms with Crippen LogP contribution >= 0.6 is 11.5 Å². The van der Waals surface area contributed by atoms with Gasteiger partial charge in [-0.05, 0) is 31.3 Å². The first kappa shape index (κ1) is 12.4. The maximum absolute atomic E-state index is 12.0. The van der Waals surface area contributed by atoms with Gasteiger partial charge in [0.1, 0.15) is 4.88 Å². The molecular formula is C11H17N3O2S. The fraction of sp³-hybridized carbons (Fsp3) is 0.727. The van der Waals surface area contributed by atoms with Crippen LogP contribution in [0.1, 0.15) is 41.0 Å². The molecule has 5 nitrogen and oxygen atoms in total. The van der Waals surface area contributed by atoms with Crippen LogP contribution in [0.4, 0.5) is 0 Å². The lowest BCUT2D eigenvalue weighted by atomic mass is 9.85. The van der Waals surface area contributed by atoms with Crippen molar-refractivity contribution in [2.45, 2.75) is 38.6 Å². The van der Waals surface area contributed by atoms with E-state index in [1.54, 1.807) is 6.92 Å². The first-order valence-corrected chi connectivity index (χ1v) is 6.70. The smallest absolute Gasteiger partial charge is 0.265 e. The molecule has 0 aliphatic heterocycles. The fourth-order valence-electron chi connectivity index (χ4n) is 2.29. The van der Waals surface area contributed by atoms with Gasteiger partial charge in [-0.3, -0.25) is 4.79 Å². The van der Waals surface area contributed by atoms with Crippen molar-refractivity contribution >= 4 is 17.4 Å². The molecule has 1 aliphatic rings. The Morgan fingerprint density at radius 2 is 2.29 bits per heavy atom. The second kappa shape index (κ2) is 5.55. The number of aryl methyl sites for hydroxylation is 1. The molecule has 2 unspecified atom stereocenters. The molecule has 94 valence electrons. The van der Waals surface area contributed by atoms with E-state index in [1.807, 2.05) is 0 Å². The van der Waals surface area contributed by atoms with Crippen LogP contribution in [0.3, 0.4) is 0 Å². The number of aliphatic hydroxyl groups is 1. The highest BCUT2D eigenvalue weighted by Gasteiger charge is 2.27. The maximum atomic E-state index is 12.0. The number of carbonyl (C=O) groups excluding carboxylic acids is 1. The predicted molar refractivity (Wildman–Crippen MR) is 64.9 cm³/mol. The third kappa shape index (κ3) is 2.81. The van der Waals surface area contributed by atoms with Gasteiger partial charge in [0.15, 0.2) is 0 Å². The largest absolute Gasteiger partial charge is 0.396 e. The number of carbonyl (C=O) groups is 1. The number of amides is 1. The van der Waals surface area contributed by atoms with E-state index in [1.165, 1.54) is 0 Å². The molecule has 2 atom stereocenters. The van der Waals surface area contributed by atoms with Crippen LogP contribution < -0.4 is 5.32 Å². The molecule has 1 amide bonds. The third-order valence-electron chi connectivity index (χ3n) is 3.32. The zero-order valence-electron chi connectivity index (χ0n) is 9.85. The van der Waals surface area contributed by atoms with E-state index in [2.05, 4.69) is 14.9 Å². The summed E-state index contributed by atoms with van der Waals surface area (Å²) in [6, 6.07) is 0.0859. The Balaban J connectivity index is 2.00. The van der Waals surface area contributed by atoms with E-state index in [-0.39, 0.29) is 24.5 Å². The minimum absolute atomic E-state index is 0.0859. The van der Waals surface area contributed by atoms with E-state index < -0.39 is 0 Å². The van der Waals surface area contributed by atoms with Crippen molar-refractivity contribution in [1.82, 2.24) is 14.9 Å². The minimum atomic E-state index is -0.108. The molecule has 0 saturated heterocycles. The average Bonchev–Trinajstić information content (AvgIpc) is 2.76. The van der Waals surface area contributed by atoms with Gasteiger partial charge in [-0.1, -0.05) is 17.3 Å². The molecule has 1 heterocycles. The minimum Gasteiger partial charge on any atom is -0.396 e. The highest BCUT2D eigenvalue weighted by atomic mass is 32.1. The van der Waals surface area contributed by atoms with Crippen molar-refractivity contribution in [1.29, 1.82) is 0 Å². The molecule has 1 aliphatic carbocycles. The molecule has 2 N–H and O–H groups in total. The standard InChI is InChI=1S/C11H17N3O2S/c1-7-10(17-14-13-7)11(16)12-9-5-3-2-4-8(9)6-15/h8-9,15H,2-6H2,1H3,(H,12,16). The summed E-state index contributed by atoms with van der Waals surface area (Å²) in [7, 11) is 0. The Hall–Kier alpha value is -1.01. The molecule has 1 aromatic rings.